The molecule has 2 unspecified atom stereocenters. The van der Waals surface area contributed by atoms with Gasteiger partial charge in [-0.3, -0.25) is 0 Å². The van der Waals surface area contributed by atoms with E-state index in [0.29, 0.717) is 0 Å². The van der Waals surface area contributed by atoms with Crippen molar-refractivity contribution < 1.29 is 50.3 Å². The van der Waals surface area contributed by atoms with Crippen LogP contribution in [0.5, 0.6) is 0 Å². The van der Waals surface area contributed by atoms with Crippen molar-refractivity contribution in [2.75, 3.05) is 13.2 Å². The fourth-order valence-corrected chi connectivity index (χ4v) is 2.91. The van der Waals surface area contributed by atoms with E-state index in [0.717, 1.165) is 0 Å². The number of nitrogens with two attached hydrogens (primary N) is 1. The molecule has 0 amide bonds. The van der Waals surface area contributed by atoms with Crippen molar-refractivity contribution in [1.29, 1.82) is 0 Å². The highest BCUT2D eigenvalue weighted by molar-refractivity contribution is 5.07. The highest BCUT2D eigenvalue weighted by Crippen LogP contribution is 2.36. The van der Waals surface area contributed by atoms with Gasteiger partial charge >= 0.3 is 0 Å². The molecule has 0 bridgehead atoms. The van der Waals surface area contributed by atoms with Crippen molar-refractivity contribution in [2.24, 2.45) is 5.73 Å². The molecule has 0 aromatic carbocycles. The molecule has 23 heavy (non-hydrogen) atoms. The Morgan fingerprint density at radius 1 is 0.783 bits per heavy atom. The van der Waals surface area contributed by atoms with Gasteiger partial charge in [0.1, 0.15) is 48.8 Å². The van der Waals surface area contributed by atoms with Crippen LogP contribution in [0.3, 0.4) is 0 Å². The highest BCUT2D eigenvalue weighted by atomic mass is 16.7. The Kier molecular flexibility index (Phi) is 5.60. The maximum atomic E-state index is 10.7. The average molecular weight is 341 g/mol. The molecular formula is C12H23NO10. The Hall–Kier alpha value is -0.440. The van der Waals surface area contributed by atoms with Gasteiger partial charge in [-0.05, 0) is 0 Å². The van der Waals surface area contributed by atoms with E-state index < -0.39 is 73.9 Å². The number of aliphatic hydroxyl groups is 8. The fourth-order valence-electron chi connectivity index (χ4n) is 2.91. The monoisotopic (exact) mass is 341 g/mol. The van der Waals surface area contributed by atoms with Gasteiger partial charge in [-0.15, -0.1) is 0 Å². The molecule has 2 saturated heterocycles. The number of hydrogen-bond acceptors (Lipinski definition) is 11. The van der Waals surface area contributed by atoms with Gasteiger partial charge in [-0.1, -0.05) is 0 Å². The number of ether oxygens (including phenoxy) is 2. The predicted octanol–water partition coefficient (Wildman–Crippen LogP) is -6.04. The van der Waals surface area contributed by atoms with E-state index in [1.165, 1.54) is 0 Å². The minimum absolute atomic E-state index is 0.735. The molecule has 0 aliphatic carbocycles. The first-order valence-electron chi connectivity index (χ1n) is 7.12. The zero-order valence-electron chi connectivity index (χ0n) is 12.1. The summed E-state index contributed by atoms with van der Waals surface area (Å²) in [5.74, 6) is -2.60. The second kappa shape index (κ2) is 6.82. The van der Waals surface area contributed by atoms with Gasteiger partial charge < -0.3 is 56.1 Å². The summed E-state index contributed by atoms with van der Waals surface area (Å²) in [4.78, 5) is 0. The Bertz CT molecular complexity index is 409. The highest BCUT2D eigenvalue weighted by Gasteiger charge is 2.61. The second-order valence-electron chi connectivity index (χ2n) is 5.85. The maximum absolute atomic E-state index is 10.7. The first-order chi connectivity index (χ1) is 10.7. The van der Waals surface area contributed by atoms with Crippen molar-refractivity contribution in [1.82, 2.24) is 0 Å². The molecule has 10 atom stereocenters. The van der Waals surface area contributed by atoms with Crippen LogP contribution in [-0.2, 0) is 9.47 Å². The molecule has 2 heterocycles. The van der Waals surface area contributed by atoms with Crippen molar-refractivity contribution in [2.45, 2.75) is 60.7 Å². The molecular weight excluding hydrogens is 318 g/mol. The van der Waals surface area contributed by atoms with Gasteiger partial charge in [0.15, 0.2) is 0 Å². The van der Waals surface area contributed by atoms with Crippen LogP contribution in [0.1, 0.15) is 0 Å². The average Bonchev–Trinajstić information content (AvgIpc) is 2.54. The molecule has 11 heteroatoms. The number of rotatable bonds is 3. The van der Waals surface area contributed by atoms with Gasteiger partial charge in [-0.25, -0.2) is 0 Å². The van der Waals surface area contributed by atoms with Gasteiger partial charge in [0, 0.05) is 0 Å². The lowest BCUT2D eigenvalue weighted by Gasteiger charge is -2.53. The third-order valence-corrected chi connectivity index (χ3v) is 4.40. The normalized spacial score (nSPS) is 54.9. The lowest BCUT2D eigenvalue weighted by atomic mass is 9.82. The molecule has 0 spiro atoms. The first kappa shape index (κ1) is 18.9. The molecule has 10 N–H and O–H groups in total. The predicted molar refractivity (Wildman–Crippen MR) is 70.7 cm³/mol. The summed E-state index contributed by atoms with van der Waals surface area (Å²) in [6, 6.07) is -1.67. The largest absolute Gasteiger partial charge is 0.394 e. The van der Waals surface area contributed by atoms with E-state index in [1.54, 1.807) is 0 Å². The number of hydrogen-bond donors (Lipinski definition) is 9. The van der Waals surface area contributed by atoms with E-state index in [9.17, 15) is 35.7 Å². The number of aliphatic hydroxyl groups excluding tert-OH is 7. The molecule has 2 aliphatic heterocycles. The van der Waals surface area contributed by atoms with E-state index >= 15 is 0 Å². The van der Waals surface area contributed by atoms with Crippen molar-refractivity contribution in [3.05, 3.63) is 0 Å². The summed E-state index contributed by atoms with van der Waals surface area (Å²) < 4.78 is 10.3. The molecule has 2 fully saturated rings. The van der Waals surface area contributed by atoms with Crippen molar-refractivity contribution in [3.63, 3.8) is 0 Å². The summed E-state index contributed by atoms with van der Waals surface area (Å²) in [6.45, 7) is -1.51. The lowest BCUT2D eigenvalue weighted by Crippen LogP contribution is -2.77. The standard InChI is InChI=1S/C12H23NO10/c13-10-8(19)6(17)4(2-15)23-12(10,21)11-9(20)7(18)5(16)3(1-14)22-11/h3-11,14-21H,1-2,13H2/t3-,4-,5-,6-,7+,8+,9-,10-,11?,12?/m1/s1. The summed E-state index contributed by atoms with van der Waals surface area (Å²) in [6.07, 6.45) is -13.1. The van der Waals surface area contributed by atoms with Crippen LogP contribution < -0.4 is 5.73 Å². The Balaban J connectivity index is 2.33. The summed E-state index contributed by atoms with van der Waals surface area (Å²) in [5, 5.41) is 78.2. The Morgan fingerprint density at radius 2 is 1.30 bits per heavy atom. The van der Waals surface area contributed by atoms with Crippen molar-refractivity contribution >= 4 is 0 Å². The molecule has 0 aromatic heterocycles. The molecule has 0 radical (unpaired) electrons. The van der Waals surface area contributed by atoms with Crippen LogP contribution in [0.4, 0.5) is 0 Å². The molecule has 136 valence electrons. The fraction of sp³-hybridized carbons (Fsp3) is 1.00. The Morgan fingerprint density at radius 3 is 1.83 bits per heavy atom. The molecule has 2 rings (SSSR count). The second-order valence-corrected chi connectivity index (χ2v) is 5.85. The van der Waals surface area contributed by atoms with E-state index in [4.69, 9.17) is 20.3 Å². The minimum atomic E-state index is -2.60. The van der Waals surface area contributed by atoms with Crippen LogP contribution in [0, 0.1) is 0 Å². The van der Waals surface area contributed by atoms with Gasteiger partial charge in [0.25, 0.3) is 0 Å². The molecule has 0 aromatic rings. The summed E-state index contributed by atoms with van der Waals surface area (Å²) in [7, 11) is 0. The smallest absolute Gasteiger partial charge is 0.213 e. The third-order valence-electron chi connectivity index (χ3n) is 4.40. The minimum Gasteiger partial charge on any atom is -0.394 e. The van der Waals surface area contributed by atoms with E-state index in [-0.39, 0.29) is 0 Å². The topological polar surface area (TPSA) is 206 Å². The van der Waals surface area contributed by atoms with Gasteiger partial charge in [0.05, 0.1) is 19.3 Å². The zero-order chi connectivity index (χ0) is 17.5. The Labute approximate surface area is 131 Å². The van der Waals surface area contributed by atoms with Crippen LogP contribution in [0.25, 0.3) is 0 Å². The van der Waals surface area contributed by atoms with Gasteiger partial charge in [0.2, 0.25) is 5.79 Å². The molecule has 0 saturated carbocycles. The van der Waals surface area contributed by atoms with Gasteiger partial charge in [-0.2, -0.15) is 0 Å². The van der Waals surface area contributed by atoms with Crippen LogP contribution in [-0.4, -0.2) is 115 Å². The van der Waals surface area contributed by atoms with E-state index in [1.807, 2.05) is 0 Å². The summed E-state index contributed by atoms with van der Waals surface area (Å²) in [5.41, 5.74) is 5.66. The maximum Gasteiger partial charge on any atom is 0.213 e. The van der Waals surface area contributed by atoms with E-state index in [2.05, 4.69) is 0 Å². The van der Waals surface area contributed by atoms with Crippen molar-refractivity contribution in [3.8, 4) is 0 Å². The lowest BCUT2D eigenvalue weighted by molar-refractivity contribution is -0.382. The molecule has 11 nitrogen and oxygen atoms in total. The molecule has 2 aliphatic rings. The summed E-state index contributed by atoms with van der Waals surface area (Å²) >= 11 is 0. The van der Waals surface area contributed by atoms with Crippen LogP contribution in [0.2, 0.25) is 0 Å². The van der Waals surface area contributed by atoms with Crippen LogP contribution >= 0.6 is 0 Å². The zero-order valence-corrected chi connectivity index (χ0v) is 12.1. The third kappa shape index (κ3) is 2.99. The van der Waals surface area contributed by atoms with Crippen LogP contribution in [0.15, 0.2) is 0 Å². The SMILES string of the molecule is N[C@@H]1[C@@H](O)[C@H](O)[C@@H](CO)OC1(O)C1O[C@H](CO)[C@@H](O)[C@H](O)[C@H]1O. The first-order valence-corrected chi connectivity index (χ1v) is 7.12. The quantitative estimate of drug-likeness (QED) is 0.236.